The van der Waals surface area contributed by atoms with Crippen molar-refractivity contribution in [2.75, 3.05) is 5.75 Å². The molecule has 1 aromatic carbocycles. The van der Waals surface area contributed by atoms with E-state index >= 15 is 0 Å². The first-order valence-corrected chi connectivity index (χ1v) is 8.15. The molecule has 2 amide bonds. The second kappa shape index (κ2) is 7.05. The van der Waals surface area contributed by atoms with Gasteiger partial charge in [0.1, 0.15) is 5.82 Å². The van der Waals surface area contributed by atoms with E-state index in [0.29, 0.717) is 0 Å². The van der Waals surface area contributed by atoms with Gasteiger partial charge in [-0.2, -0.15) is 0 Å². The van der Waals surface area contributed by atoms with Gasteiger partial charge in [0.05, 0.1) is 16.9 Å². The van der Waals surface area contributed by atoms with Crippen LogP contribution in [0.3, 0.4) is 0 Å². The SMILES string of the molecule is O=C(CCS(=O)(=O)c1ccc(F)cc1)NNC(=O)c1ccco1. The van der Waals surface area contributed by atoms with Crippen LogP contribution < -0.4 is 10.9 Å². The van der Waals surface area contributed by atoms with Crippen molar-refractivity contribution in [2.24, 2.45) is 0 Å². The smallest absolute Gasteiger partial charge is 0.305 e. The van der Waals surface area contributed by atoms with Crippen LogP contribution >= 0.6 is 0 Å². The lowest BCUT2D eigenvalue weighted by molar-refractivity contribution is -0.121. The van der Waals surface area contributed by atoms with E-state index in [4.69, 9.17) is 4.42 Å². The Balaban J connectivity index is 1.84. The third kappa shape index (κ3) is 4.65. The number of hydrogen-bond acceptors (Lipinski definition) is 5. The maximum atomic E-state index is 12.8. The van der Waals surface area contributed by atoms with Gasteiger partial charge >= 0.3 is 5.91 Å². The fourth-order valence-corrected chi connectivity index (χ4v) is 2.89. The Morgan fingerprint density at radius 2 is 1.78 bits per heavy atom. The molecule has 23 heavy (non-hydrogen) atoms. The van der Waals surface area contributed by atoms with Gasteiger partial charge in [0.25, 0.3) is 0 Å². The van der Waals surface area contributed by atoms with Gasteiger partial charge in [-0.3, -0.25) is 20.4 Å². The minimum absolute atomic E-state index is 0.00392. The summed E-state index contributed by atoms with van der Waals surface area (Å²) in [5, 5.41) is 0. The Hall–Kier alpha value is -2.68. The van der Waals surface area contributed by atoms with Gasteiger partial charge in [-0.05, 0) is 36.4 Å². The summed E-state index contributed by atoms with van der Waals surface area (Å²) < 4.78 is 41.5. The highest BCUT2D eigenvalue weighted by atomic mass is 32.2. The number of halogens is 1. The fraction of sp³-hybridized carbons (Fsp3) is 0.143. The van der Waals surface area contributed by atoms with Crippen molar-refractivity contribution in [3.8, 4) is 0 Å². The normalized spacial score (nSPS) is 11.0. The van der Waals surface area contributed by atoms with Crippen molar-refractivity contribution in [1.82, 2.24) is 10.9 Å². The summed E-state index contributed by atoms with van der Waals surface area (Å²) in [6, 6.07) is 7.21. The summed E-state index contributed by atoms with van der Waals surface area (Å²) in [6.07, 6.45) is 0.935. The summed E-state index contributed by atoms with van der Waals surface area (Å²) >= 11 is 0. The van der Waals surface area contributed by atoms with Crippen molar-refractivity contribution in [2.45, 2.75) is 11.3 Å². The number of hydrogen-bond donors (Lipinski definition) is 2. The quantitative estimate of drug-likeness (QED) is 0.625. The molecular formula is C14H13FN2O5S. The van der Waals surface area contributed by atoms with Crippen LogP contribution in [0, 0.1) is 5.82 Å². The highest BCUT2D eigenvalue weighted by Gasteiger charge is 2.17. The molecule has 0 aliphatic rings. The molecule has 122 valence electrons. The molecule has 0 bridgehead atoms. The number of sulfone groups is 1. The van der Waals surface area contributed by atoms with Crippen LogP contribution in [0.1, 0.15) is 17.0 Å². The highest BCUT2D eigenvalue weighted by Crippen LogP contribution is 2.12. The monoisotopic (exact) mass is 340 g/mol. The van der Waals surface area contributed by atoms with E-state index in [2.05, 4.69) is 10.9 Å². The van der Waals surface area contributed by atoms with E-state index in [9.17, 15) is 22.4 Å². The first-order valence-electron chi connectivity index (χ1n) is 6.49. The zero-order valence-electron chi connectivity index (χ0n) is 11.8. The number of carbonyl (C=O) groups excluding carboxylic acids is 2. The molecule has 0 aliphatic carbocycles. The van der Waals surface area contributed by atoms with Gasteiger partial charge in [-0.15, -0.1) is 0 Å². The van der Waals surface area contributed by atoms with Crippen LogP contribution in [0.4, 0.5) is 4.39 Å². The van der Waals surface area contributed by atoms with Gasteiger partial charge < -0.3 is 4.42 Å². The molecule has 0 radical (unpaired) electrons. The second-order valence-corrected chi connectivity index (χ2v) is 6.61. The largest absolute Gasteiger partial charge is 0.459 e. The molecule has 1 heterocycles. The third-order valence-electron chi connectivity index (χ3n) is 2.83. The molecule has 9 heteroatoms. The molecule has 0 fully saturated rings. The number of amides is 2. The Morgan fingerprint density at radius 1 is 1.09 bits per heavy atom. The van der Waals surface area contributed by atoms with E-state index in [1.54, 1.807) is 0 Å². The second-order valence-electron chi connectivity index (χ2n) is 4.50. The highest BCUT2D eigenvalue weighted by molar-refractivity contribution is 7.91. The summed E-state index contributed by atoms with van der Waals surface area (Å²) in [6.45, 7) is 0. The average molecular weight is 340 g/mol. The molecule has 2 aromatic rings. The van der Waals surface area contributed by atoms with Gasteiger partial charge in [0.2, 0.25) is 5.91 Å². The molecule has 2 rings (SSSR count). The summed E-state index contributed by atoms with van der Waals surface area (Å²) in [4.78, 5) is 23.0. The fourth-order valence-electron chi connectivity index (χ4n) is 1.65. The average Bonchev–Trinajstić information content (AvgIpc) is 3.05. The Morgan fingerprint density at radius 3 is 2.39 bits per heavy atom. The minimum Gasteiger partial charge on any atom is -0.459 e. The predicted molar refractivity (Wildman–Crippen MR) is 77.4 cm³/mol. The lowest BCUT2D eigenvalue weighted by atomic mass is 10.4. The summed E-state index contributed by atoms with van der Waals surface area (Å²) in [5.74, 6) is -2.37. The van der Waals surface area contributed by atoms with Crippen LogP contribution in [0.5, 0.6) is 0 Å². The molecule has 0 atom stereocenters. The molecule has 0 unspecified atom stereocenters. The number of carbonyl (C=O) groups is 2. The van der Waals surface area contributed by atoms with Crippen molar-refractivity contribution >= 4 is 21.7 Å². The lowest BCUT2D eigenvalue weighted by Crippen LogP contribution is -2.42. The molecule has 0 saturated carbocycles. The molecular weight excluding hydrogens is 327 g/mol. The van der Waals surface area contributed by atoms with E-state index in [1.807, 2.05) is 0 Å². The zero-order valence-corrected chi connectivity index (χ0v) is 12.6. The predicted octanol–water partition coefficient (Wildman–Crippen LogP) is 1.04. The first kappa shape index (κ1) is 16.7. The molecule has 7 nitrogen and oxygen atoms in total. The summed E-state index contributed by atoms with van der Waals surface area (Å²) in [7, 11) is -3.71. The first-order chi connectivity index (χ1) is 10.9. The van der Waals surface area contributed by atoms with E-state index in [1.165, 1.54) is 18.4 Å². The van der Waals surface area contributed by atoms with Crippen molar-refractivity contribution < 1.29 is 26.8 Å². The van der Waals surface area contributed by atoms with Crippen LogP contribution in [0.25, 0.3) is 0 Å². The lowest BCUT2D eigenvalue weighted by Gasteiger charge is -2.07. The van der Waals surface area contributed by atoms with Gasteiger partial charge in [0, 0.05) is 6.42 Å². The molecule has 0 saturated heterocycles. The van der Waals surface area contributed by atoms with Crippen LogP contribution in [-0.2, 0) is 14.6 Å². The molecule has 2 N–H and O–H groups in total. The van der Waals surface area contributed by atoms with Crippen LogP contribution in [-0.4, -0.2) is 26.0 Å². The van der Waals surface area contributed by atoms with Crippen LogP contribution in [0.2, 0.25) is 0 Å². The number of nitrogens with one attached hydrogen (secondary N) is 2. The number of hydrazine groups is 1. The number of rotatable bonds is 5. The van der Waals surface area contributed by atoms with E-state index < -0.39 is 33.2 Å². The third-order valence-corrected chi connectivity index (χ3v) is 4.56. The standard InChI is InChI=1S/C14H13FN2O5S/c15-10-3-5-11(6-4-10)23(20,21)9-7-13(18)16-17-14(19)12-2-1-8-22-12/h1-6,8H,7,9H2,(H,16,18)(H,17,19). The van der Waals surface area contributed by atoms with Crippen molar-refractivity contribution in [3.63, 3.8) is 0 Å². The Labute approximate surface area is 131 Å². The van der Waals surface area contributed by atoms with Crippen molar-refractivity contribution in [1.29, 1.82) is 0 Å². The molecule has 1 aromatic heterocycles. The van der Waals surface area contributed by atoms with Crippen LogP contribution in [0.15, 0.2) is 52.0 Å². The zero-order chi connectivity index (χ0) is 16.9. The van der Waals surface area contributed by atoms with Gasteiger partial charge in [0.15, 0.2) is 15.6 Å². The Kier molecular flexibility index (Phi) is 5.12. The summed E-state index contributed by atoms with van der Waals surface area (Å²) in [5.41, 5.74) is 4.17. The van der Waals surface area contributed by atoms with Gasteiger partial charge in [-0.1, -0.05) is 0 Å². The maximum absolute atomic E-state index is 12.8. The van der Waals surface area contributed by atoms with E-state index in [0.717, 1.165) is 24.3 Å². The Bertz CT molecular complexity index is 785. The minimum atomic E-state index is -3.71. The number of benzene rings is 1. The van der Waals surface area contributed by atoms with Gasteiger partial charge in [-0.25, -0.2) is 12.8 Å². The van der Waals surface area contributed by atoms with E-state index in [-0.39, 0.29) is 17.1 Å². The van der Waals surface area contributed by atoms with Crippen molar-refractivity contribution in [3.05, 3.63) is 54.2 Å². The molecule has 0 aliphatic heterocycles. The maximum Gasteiger partial charge on any atom is 0.305 e. The molecule has 0 spiro atoms. The topological polar surface area (TPSA) is 105 Å². The number of furan rings is 1.